The maximum absolute atomic E-state index is 12.2. The number of piperazine rings is 1. The summed E-state index contributed by atoms with van der Waals surface area (Å²) in [4.78, 5) is 2.41. The highest BCUT2D eigenvalue weighted by molar-refractivity contribution is 4.90. The fourth-order valence-corrected chi connectivity index (χ4v) is 2.08. The molecule has 2 unspecified atom stereocenters. The summed E-state index contributed by atoms with van der Waals surface area (Å²) in [5.41, 5.74) is 0.286. The van der Waals surface area contributed by atoms with Crippen molar-refractivity contribution in [3.63, 3.8) is 0 Å². The van der Waals surface area contributed by atoms with Gasteiger partial charge in [-0.25, -0.2) is 0 Å². The maximum atomic E-state index is 12.2. The number of nitrogens with zero attached hydrogens (tertiary/aromatic N) is 1. The second kappa shape index (κ2) is 5.26. The molecular weight excluding hydrogens is 191 g/mol. The first-order valence-electron chi connectivity index (χ1n) is 5.98. The van der Waals surface area contributed by atoms with Gasteiger partial charge in [0, 0.05) is 31.7 Å². The van der Waals surface area contributed by atoms with E-state index in [4.69, 9.17) is 0 Å². The van der Waals surface area contributed by atoms with Crippen molar-refractivity contribution in [3.8, 4) is 0 Å². The van der Waals surface area contributed by atoms with Crippen LogP contribution in [0.5, 0.6) is 0 Å². The Hall–Kier alpha value is -0.150. The van der Waals surface area contributed by atoms with Gasteiger partial charge < -0.3 is 5.32 Å². The lowest BCUT2D eigenvalue weighted by molar-refractivity contribution is 0.0910. The van der Waals surface area contributed by atoms with Crippen LogP contribution < -0.4 is 5.32 Å². The normalized spacial score (nSPS) is 29.4. The fraction of sp³-hybridized carbons (Fsp3) is 1.00. The van der Waals surface area contributed by atoms with Gasteiger partial charge in [-0.15, -0.1) is 0 Å². The minimum Gasteiger partial charge on any atom is -0.311 e. The summed E-state index contributed by atoms with van der Waals surface area (Å²) in [6.07, 6.45) is 0.668. The Kier molecular flexibility index (Phi) is 4.53. The molecule has 0 bridgehead atoms. The largest absolute Gasteiger partial charge is 0.311 e. The molecule has 1 fully saturated rings. The lowest BCUT2D eigenvalue weighted by Crippen LogP contribution is -2.59. The molecule has 1 saturated heterocycles. The number of hydrogen-bond donors (Lipinski definition) is 1. The van der Waals surface area contributed by atoms with Gasteiger partial charge in [0.2, 0.25) is 0 Å². The number of rotatable bonds is 3. The highest BCUT2D eigenvalue weighted by atomic mass is 19.1. The van der Waals surface area contributed by atoms with E-state index in [-0.39, 0.29) is 12.1 Å². The summed E-state index contributed by atoms with van der Waals surface area (Å²) in [5, 5.41) is 3.58. The summed E-state index contributed by atoms with van der Waals surface area (Å²) < 4.78 is 12.2. The average Bonchev–Trinajstić information content (AvgIpc) is 2.15. The van der Waals surface area contributed by atoms with Crippen LogP contribution in [0.3, 0.4) is 0 Å². The Labute approximate surface area is 93.2 Å². The predicted molar refractivity (Wildman–Crippen MR) is 62.9 cm³/mol. The average molecular weight is 216 g/mol. The molecule has 2 atom stereocenters. The molecule has 0 aliphatic carbocycles. The van der Waals surface area contributed by atoms with Crippen molar-refractivity contribution in [1.82, 2.24) is 10.2 Å². The number of alkyl halides is 1. The zero-order valence-electron chi connectivity index (χ0n) is 10.5. The van der Waals surface area contributed by atoms with Crippen molar-refractivity contribution in [2.75, 3.05) is 26.3 Å². The van der Waals surface area contributed by atoms with Gasteiger partial charge >= 0.3 is 0 Å². The third-order valence-corrected chi connectivity index (χ3v) is 3.32. The number of halogens is 1. The summed E-state index contributed by atoms with van der Waals surface area (Å²) >= 11 is 0. The number of hydrogen-bond acceptors (Lipinski definition) is 2. The third kappa shape index (κ3) is 3.72. The molecule has 0 amide bonds. The lowest BCUT2D eigenvalue weighted by Gasteiger charge is -2.44. The van der Waals surface area contributed by atoms with Crippen LogP contribution >= 0.6 is 0 Å². The first-order valence-corrected chi connectivity index (χ1v) is 5.98. The minimum atomic E-state index is -0.198. The van der Waals surface area contributed by atoms with Gasteiger partial charge in [-0.3, -0.25) is 9.29 Å². The molecule has 0 aromatic heterocycles. The van der Waals surface area contributed by atoms with Crippen LogP contribution in [0.2, 0.25) is 0 Å². The quantitative estimate of drug-likeness (QED) is 0.777. The van der Waals surface area contributed by atoms with Gasteiger partial charge in [0.05, 0.1) is 6.67 Å². The monoisotopic (exact) mass is 216 g/mol. The highest BCUT2D eigenvalue weighted by Gasteiger charge is 2.31. The standard InChI is InChI=1S/C12H25FN2/c1-10-8-14-11(12(2,3)4)9-15(10)7-5-6-13/h10-11,14H,5-9H2,1-4H3. The van der Waals surface area contributed by atoms with E-state index in [9.17, 15) is 4.39 Å². The van der Waals surface area contributed by atoms with Crippen LogP contribution in [0.1, 0.15) is 34.1 Å². The number of nitrogens with one attached hydrogen (secondary N) is 1. The summed E-state index contributed by atoms with van der Waals surface area (Å²) in [7, 11) is 0. The Balaban J connectivity index is 2.48. The zero-order chi connectivity index (χ0) is 11.5. The molecule has 0 spiro atoms. The van der Waals surface area contributed by atoms with E-state index in [0.717, 1.165) is 19.6 Å². The van der Waals surface area contributed by atoms with Crippen LogP contribution in [0, 0.1) is 5.41 Å². The zero-order valence-corrected chi connectivity index (χ0v) is 10.5. The molecule has 1 aliphatic heterocycles. The molecular formula is C12H25FN2. The molecule has 1 aliphatic rings. The van der Waals surface area contributed by atoms with Gasteiger partial charge in [0.15, 0.2) is 0 Å². The molecule has 0 aromatic rings. The second-order valence-corrected chi connectivity index (χ2v) is 5.71. The van der Waals surface area contributed by atoms with Crippen molar-refractivity contribution in [2.24, 2.45) is 5.41 Å². The molecule has 0 radical (unpaired) electrons. The van der Waals surface area contributed by atoms with E-state index in [0.29, 0.717) is 18.5 Å². The third-order valence-electron chi connectivity index (χ3n) is 3.32. The van der Waals surface area contributed by atoms with Crippen LogP contribution in [0.4, 0.5) is 4.39 Å². The maximum Gasteiger partial charge on any atom is 0.0906 e. The van der Waals surface area contributed by atoms with Crippen molar-refractivity contribution in [3.05, 3.63) is 0 Å². The highest BCUT2D eigenvalue weighted by Crippen LogP contribution is 2.23. The molecule has 1 heterocycles. The smallest absolute Gasteiger partial charge is 0.0906 e. The van der Waals surface area contributed by atoms with Crippen LogP contribution in [-0.2, 0) is 0 Å². The van der Waals surface area contributed by atoms with Crippen LogP contribution in [-0.4, -0.2) is 43.3 Å². The molecule has 90 valence electrons. The molecule has 0 aromatic carbocycles. The topological polar surface area (TPSA) is 15.3 Å². The summed E-state index contributed by atoms with van der Waals surface area (Å²) in [5.74, 6) is 0. The van der Waals surface area contributed by atoms with Gasteiger partial charge in [-0.05, 0) is 18.8 Å². The molecule has 2 nitrogen and oxygen atoms in total. The van der Waals surface area contributed by atoms with Gasteiger partial charge in [-0.2, -0.15) is 0 Å². The first kappa shape index (κ1) is 12.9. The molecule has 15 heavy (non-hydrogen) atoms. The van der Waals surface area contributed by atoms with E-state index < -0.39 is 0 Å². The molecule has 3 heteroatoms. The predicted octanol–water partition coefficient (Wildman–Crippen LogP) is 2.05. The van der Waals surface area contributed by atoms with Crippen LogP contribution in [0.25, 0.3) is 0 Å². The van der Waals surface area contributed by atoms with E-state index in [2.05, 4.69) is 37.9 Å². The molecule has 0 saturated carbocycles. The SMILES string of the molecule is CC1CNC(C(C)(C)C)CN1CCCF. The summed E-state index contributed by atoms with van der Waals surface area (Å²) in [6.45, 7) is 11.8. The van der Waals surface area contributed by atoms with Crippen molar-refractivity contribution in [1.29, 1.82) is 0 Å². The molecule has 1 N–H and O–H groups in total. The Bertz CT molecular complexity index is 189. The van der Waals surface area contributed by atoms with Crippen molar-refractivity contribution >= 4 is 0 Å². The first-order chi connectivity index (χ1) is 6.95. The Morgan fingerprint density at radius 1 is 1.40 bits per heavy atom. The van der Waals surface area contributed by atoms with E-state index in [1.165, 1.54) is 0 Å². The van der Waals surface area contributed by atoms with E-state index >= 15 is 0 Å². The van der Waals surface area contributed by atoms with Crippen LogP contribution in [0.15, 0.2) is 0 Å². The van der Waals surface area contributed by atoms with Crippen molar-refractivity contribution < 1.29 is 4.39 Å². The van der Waals surface area contributed by atoms with E-state index in [1.807, 2.05) is 0 Å². The second-order valence-electron chi connectivity index (χ2n) is 5.71. The van der Waals surface area contributed by atoms with Gasteiger partial charge in [0.1, 0.15) is 0 Å². The lowest BCUT2D eigenvalue weighted by atomic mass is 9.85. The fourth-order valence-electron chi connectivity index (χ4n) is 2.08. The summed E-state index contributed by atoms with van der Waals surface area (Å²) in [6, 6.07) is 1.06. The Morgan fingerprint density at radius 3 is 2.60 bits per heavy atom. The van der Waals surface area contributed by atoms with E-state index in [1.54, 1.807) is 0 Å². The Morgan fingerprint density at radius 2 is 2.07 bits per heavy atom. The van der Waals surface area contributed by atoms with Gasteiger partial charge in [0.25, 0.3) is 0 Å². The van der Waals surface area contributed by atoms with Gasteiger partial charge in [-0.1, -0.05) is 20.8 Å². The van der Waals surface area contributed by atoms with Crippen molar-refractivity contribution in [2.45, 2.75) is 46.2 Å². The molecule has 1 rings (SSSR count). The minimum absolute atomic E-state index is 0.198.